The summed E-state index contributed by atoms with van der Waals surface area (Å²) in [6.07, 6.45) is 3.52. The fourth-order valence-electron chi connectivity index (χ4n) is 1.95. The molecule has 3 rings (SSSR count). The molecule has 0 aliphatic carbocycles. The maximum absolute atomic E-state index is 11.4. The van der Waals surface area contributed by atoms with Crippen LogP contribution >= 0.6 is 0 Å². The predicted octanol–water partition coefficient (Wildman–Crippen LogP) is 1.39. The Labute approximate surface area is 98.0 Å². The lowest BCUT2D eigenvalue weighted by Crippen LogP contribution is -2.30. The van der Waals surface area contributed by atoms with Crippen LogP contribution in [0.15, 0.2) is 24.5 Å². The Morgan fingerprint density at radius 1 is 1.59 bits per heavy atom. The maximum atomic E-state index is 11.4. The number of nitrogens with zero attached hydrogens (tertiary/aromatic N) is 2. The van der Waals surface area contributed by atoms with E-state index in [0.717, 1.165) is 24.2 Å². The number of carbonyl (C=O) groups is 1. The summed E-state index contributed by atoms with van der Waals surface area (Å²) in [5, 5.41) is 0.944. The molecule has 0 saturated carbocycles. The first-order valence-electron chi connectivity index (χ1n) is 5.42. The zero-order valence-electron chi connectivity index (χ0n) is 9.42. The highest BCUT2D eigenvalue weighted by Crippen LogP contribution is 2.24. The van der Waals surface area contributed by atoms with Crippen molar-refractivity contribution in [3.05, 3.63) is 30.1 Å². The van der Waals surface area contributed by atoms with Crippen molar-refractivity contribution in [1.82, 2.24) is 9.55 Å². The first kappa shape index (κ1) is 10.3. The van der Waals surface area contributed by atoms with Crippen molar-refractivity contribution >= 4 is 17.0 Å². The van der Waals surface area contributed by atoms with Gasteiger partial charge >= 0.3 is 5.97 Å². The number of fused-ring (bicyclic) bond motifs is 1. The van der Waals surface area contributed by atoms with Gasteiger partial charge in [-0.1, -0.05) is 0 Å². The van der Waals surface area contributed by atoms with E-state index in [9.17, 15) is 4.79 Å². The zero-order valence-corrected chi connectivity index (χ0v) is 9.42. The largest absolute Gasteiger partial charge is 0.465 e. The average Bonchev–Trinajstić information content (AvgIpc) is 2.69. The highest BCUT2D eigenvalue weighted by atomic mass is 16.5. The number of hydrogen-bond acceptors (Lipinski definition) is 4. The van der Waals surface area contributed by atoms with Gasteiger partial charge in [0.15, 0.2) is 0 Å². The summed E-state index contributed by atoms with van der Waals surface area (Å²) in [5.41, 5.74) is 1.36. The number of ether oxygens (including phenoxy) is 2. The minimum absolute atomic E-state index is 0.362. The molecule has 0 spiro atoms. The van der Waals surface area contributed by atoms with Crippen LogP contribution in [0.2, 0.25) is 0 Å². The van der Waals surface area contributed by atoms with Crippen molar-refractivity contribution in [2.24, 2.45) is 0 Å². The van der Waals surface area contributed by atoms with Gasteiger partial charge in [0.2, 0.25) is 0 Å². The monoisotopic (exact) mass is 232 g/mol. The van der Waals surface area contributed by atoms with Crippen molar-refractivity contribution in [2.75, 3.05) is 20.3 Å². The smallest absolute Gasteiger partial charge is 0.339 e. The number of pyridine rings is 1. The molecule has 0 atom stereocenters. The number of aromatic nitrogens is 2. The topological polar surface area (TPSA) is 53.3 Å². The molecule has 1 aliphatic heterocycles. The van der Waals surface area contributed by atoms with Gasteiger partial charge in [-0.25, -0.2) is 9.78 Å². The van der Waals surface area contributed by atoms with Crippen LogP contribution in [0, 0.1) is 0 Å². The molecule has 2 aromatic heterocycles. The van der Waals surface area contributed by atoms with Crippen LogP contribution in [0.4, 0.5) is 0 Å². The molecule has 0 unspecified atom stereocenters. The van der Waals surface area contributed by atoms with Gasteiger partial charge < -0.3 is 14.0 Å². The number of carbonyl (C=O) groups excluding carboxylic acids is 1. The molecule has 1 aliphatic rings. The second-order valence-electron chi connectivity index (χ2n) is 4.04. The predicted molar refractivity (Wildman–Crippen MR) is 60.9 cm³/mol. The SMILES string of the molecule is COC(=O)c1cnc2c(ccn2C2COC2)c1. The van der Waals surface area contributed by atoms with Crippen LogP contribution in [0.3, 0.4) is 0 Å². The molecule has 5 heteroatoms. The molecule has 88 valence electrons. The molecule has 0 radical (unpaired) electrons. The third-order valence-electron chi connectivity index (χ3n) is 2.99. The zero-order chi connectivity index (χ0) is 11.8. The molecule has 0 aromatic carbocycles. The van der Waals surface area contributed by atoms with E-state index in [2.05, 4.69) is 14.3 Å². The molecule has 1 saturated heterocycles. The Balaban J connectivity index is 2.04. The molecular formula is C12H12N2O3. The van der Waals surface area contributed by atoms with Gasteiger partial charge in [0, 0.05) is 17.8 Å². The minimum Gasteiger partial charge on any atom is -0.465 e. The summed E-state index contributed by atoms with van der Waals surface area (Å²) in [7, 11) is 1.36. The van der Waals surface area contributed by atoms with E-state index in [0.29, 0.717) is 11.6 Å². The van der Waals surface area contributed by atoms with Gasteiger partial charge in [0.25, 0.3) is 0 Å². The van der Waals surface area contributed by atoms with E-state index in [-0.39, 0.29) is 5.97 Å². The molecule has 3 heterocycles. The third kappa shape index (κ3) is 1.59. The normalized spacial score (nSPS) is 15.8. The van der Waals surface area contributed by atoms with Crippen molar-refractivity contribution in [1.29, 1.82) is 0 Å². The van der Waals surface area contributed by atoms with Gasteiger partial charge in [0.1, 0.15) is 5.65 Å². The Morgan fingerprint density at radius 2 is 2.41 bits per heavy atom. The van der Waals surface area contributed by atoms with E-state index < -0.39 is 0 Å². The summed E-state index contributed by atoms with van der Waals surface area (Å²) in [4.78, 5) is 15.7. The first-order chi connectivity index (χ1) is 8.29. The maximum Gasteiger partial charge on any atom is 0.339 e. The summed E-state index contributed by atoms with van der Waals surface area (Å²) in [6.45, 7) is 1.45. The third-order valence-corrected chi connectivity index (χ3v) is 2.99. The first-order valence-corrected chi connectivity index (χ1v) is 5.42. The van der Waals surface area contributed by atoms with E-state index in [1.165, 1.54) is 7.11 Å². The Kier molecular flexibility index (Phi) is 2.33. The second-order valence-corrected chi connectivity index (χ2v) is 4.04. The summed E-state index contributed by atoms with van der Waals surface area (Å²) in [6, 6.07) is 4.11. The highest BCUT2D eigenvalue weighted by Gasteiger charge is 2.22. The molecule has 1 fully saturated rings. The van der Waals surface area contributed by atoms with Gasteiger partial charge in [0.05, 0.1) is 31.9 Å². The van der Waals surface area contributed by atoms with Gasteiger partial charge in [-0.3, -0.25) is 0 Å². The Hall–Kier alpha value is -1.88. The van der Waals surface area contributed by atoms with Crippen LogP contribution in [-0.4, -0.2) is 35.8 Å². The van der Waals surface area contributed by atoms with E-state index in [4.69, 9.17) is 4.74 Å². The standard InChI is InChI=1S/C12H12N2O3/c1-16-12(15)9-4-8-2-3-14(10-6-17-7-10)11(8)13-5-9/h2-5,10H,6-7H2,1H3. The molecular weight excluding hydrogens is 220 g/mol. The Morgan fingerprint density at radius 3 is 3.06 bits per heavy atom. The van der Waals surface area contributed by atoms with Crippen molar-refractivity contribution < 1.29 is 14.3 Å². The van der Waals surface area contributed by atoms with Gasteiger partial charge in [-0.05, 0) is 12.1 Å². The second kappa shape index (κ2) is 3.85. The average molecular weight is 232 g/mol. The van der Waals surface area contributed by atoms with Crippen molar-refractivity contribution in [3.63, 3.8) is 0 Å². The van der Waals surface area contributed by atoms with Crippen molar-refractivity contribution in [3.8, 4) is 0 Å². The molecule has 0 bridgehead atoms. The summed E-state index contributed by atoms with van der Waals surface area (Å²) in [5.74, 6) is -0.362. The molecule has 0 N–H and O–H groups in total. The van der Waals surface area contributed by atoms with Crippen LogP contribution < -0.4 is 0 Å². The molecule has 5 nitrogen and oxygen atoms in total. The highest BCUT2D eigenvalue weighted by molar-refractivity contribution is 5.93. The summed E-state index contributed by atoms with van der Waals surface area (Å²) < 4.78 is 11.9. The van der Waals surface area contributed by atoms with Gasteiger partial charge in [-0.2, -0.15) is 0 Å². The minimum atomic E-state index is -0.362. The molecule has 0 amide bonds. The number of hydrogen-bond donors (Lipinski definition) is 0. The Bertz CT molecular complexity index is 572. The summed E-state index contributed by atoms with van der Waals surface area (Å²) >= 11 is 0. The van der Waals surface area contributed by atoms with Crippen molar-refractivity contribution in [2.45, 2.75) is 6.04 Å². The van der Waals surface area contributed by atoms with E-state index in [1.54, 1.807) is 12.3 Å². The van der Waals surface area contributed by atoms with E-state index >= 15 is 0 Å². The molecule has 2 aromatic rings. The fraction of sp³-hybridized carbons (Fsp3) is 0.333. The quantitative estimate of drug-likeness (QED) is 0.734. The lowest BCUT2D eigenvalue weighted by molar-refractivity contribution is -0.0216. The van der Waals surface area contributed by atoms with Crippen LogP contribution in [0.1, 0.15) is 16.4 Å². The number of rotatable bonds is 2. The van der Waals surface area contributed by atoms with Crippen LogP contribution in [-0.2, 0) is 9.47 Å². The van der Waals surface area contributed by atoms with Gasteiger partial charge in [-0.15, -0.1) is 0 Å². The van der Waals surface area contributed by atoms with Crippen LogP contribution in [0.25, 0.3) is 11.0 Å². The number of esters is 1. The lowest BCUT2D eigenvalue weighted by Gasteiger charge is -2.27. The van der Waals surface area contributed by atoms with E-state index in [1.807, 2.05) is 12.3 Å². The van der Waals surface area contributed by atoms with Crippen LogP contribution in [0.5, 0.6) is 0 Å². The lowest BCUT2D eigenvalue weighted by atomic mass is 10.2. The molecule has 17 heavy (non-hydrogen) atoms. The fourth-order valence-corrected chi connectivity index (χ4v) is 1.95. The number of methoxy groups -OCH3 is 1.